The highest BCUT2D eigenvalue weighted by Crippen LogP contribution is 2.23. The summed E-state index contributed by atoms with van der Waals surface area (Å²) >= 11 is 5.28. The van der Waals surface area contributed by atoms with E-state index >= 15 is 0 Å². The second-order valence-electron chi connectivity index (χ2n) is 4.00. The highest BCUT2D eigenvalue weighted by molar-refractivity contribution is 9.11. The first kappa shape index (κ1) is 13.8. The molecule has 0 bridgehead atoms. The zero-order valence-corrected chi connectivity index (χ0v) is 12.8. The summed E-state index contributed by atoms with van der Waals surface area (Å²) in [5.74, 6) is 0. The molecule has 2 aromatic rings. The predicted molar refractivity (Wildman–Crippen MR) is 79.1 cm³/mol. The van der Waals surface area contributed by atoms with Gasteiger partial charge in [0.05, 0.1) is 16.9 Å². The molecule has 3 nitrogen and oxygen atoms in total. The first-order valence-electron chi connectivity index (χ1n) is 5.87. The Morgan fingerprint density at radius 3 is 3.00 bits per heavy atom. The van der Waals surface area contributed by atoms with E-state index in [2.05, 4.69) is 56.3 Å². The fraction of sp³-hybridized carbons (Fsp3) is 0.385. The highest BCUT2D eigenvalue weighted by atomic mass is 79.9. The number of ether oxygens (including phenoxy) is 1. The molecule has 0 unspecified atom stereocenters. The van der Waals surface area contributed by atoms with Gasteiger partial charge in [-0.15, -0.1) is 11.3 Å². The van der Waals surface area contributed by atoms with E-state index in [0.29, 0.717) is 0 Å². The molecule has 2 heterocycles. The van der Waals surface area contributed by atoms with Crippen molar-refractivity contribution in [1.29, 1.82) is 0 Å². The van der Waals surface area contributed by atoms with E-state index in [1.165, 1.54) is 14.4 Å². The lowest BCUT2D eigenvalue weighted by atomic mass is 10.4. The van der Waals surface area contributed by atoms with Crippen molar-refractivity contribution in [3.05, 3.63) is 44.8 Å². The maximum absolute atomic E-state index is 5.02. The molecular weight excluding hydrogens is 312 g/mol. The van der Waals surface area contributed by atoms with Gasteiger partial charge in [-0.05, 0) is 40.2 Å². The van der Waals surface area contributed by atoms with E-state index in [1.54, 1.807) is 18.4 Å². The SMILES string of the molecule is COCCNCc1cccn1Cc1ccc(Br)s1. The quantitative estimate of drug-likeness (QED) is 0.790. The minimum Gasteiger partial charge on any atom is -0.383 e. The topological polar surface area (TPSA) is 26.2 Å². The predicted octanol–water partition coefficient (Wildman–Crippen LogP) is 3.10. The van der Waals surface area contributed by atoms with Crippen LogP contribution in [0.25, 0.3) is 0 Å². The van der Waals surface area contributed by atoms with Crippen LogP contribution >= 0.6 is 27.3 Å². The van der Waals surface area contributed by atoms with Gasteiger partial charge in [0.15, 0.2) is 0 Å². The fourth-order valence-corrected chi connectivity index (χ4v) is 3.24. The lowest BCUT2D eigenvalue weighted by Crippen LogP contribution is -2.20. The van der Waals surface area contributed by atoms with Gasteiger partial charge in [-0.25, -0.2) is 0 Å². The standard InChI is InChI=1S/C13H17BrN2OS/c1-17-8-6-15-9-11-3-2-7-16(11)10-12-4-5-13(14)18-12/h2-5,7,15H,6,8-10H2,1H3. The van der Waals surface area contributed by atoms with Crippen LogP contribution in [-0.4, -0.2) is 24.8 Å². The summed E-state index contributed by atoms with van der Waals surface area (Å²) in [6, 6.07) is 8.51. The molecule has 2 rings (SSSR count). The largest absolute Gasteiger partial charge is 0.383 e. The van der Waals surface area contributed by atoms with E-state index in [4.69, 9.17) is 4.74 Å². The first-order valence-corrected chi connectivity index (χ1v) is 7.48. The molecule has 98 valence electrons. The summed E-state index contributed by atoms with van der Waals surface area (Å²) < 4.78 is 8.48. The summed E-state index contributed by atoms with van der Waals surface area (Å²) in [7, 11) is 1.72. The smallest absolute Gasteiger partial charge is 0.0702 e. The number of thiophene rings is 1. The third kappa shape index (κ3) is 3.95. The fourth-order valence-electron chi connectivity index (χ4n) is 1.76. The lowest BCUT2D eigenvalue weighted by Gasteiger charge is -2.09. The van der Waals surface area contributed by atoms with Crippen molar-refractivity contribution in [2.45, 2.75) is 13.1 Å². The van der Waals surface area contributed by atoms with Crippen molar-refractivity contribution in [3.63, 3.8) is 0 Å². The van der Waals surface area contributed by atoms with Crippen LogP contribution in [0.2, 0.25) is 0 Å². The Labute approximate surface area is 120 Å². The first-order chi connectivity index (χ1) is 8.79. The van der Waals surface area contributed by atoms with Gasteiger partial charge in [-0.2, -0.15) is 0 Å². The second-order valence-corrected chi connectivity index (χ2v) is 6.55. The van der Waals surface area contributed by atoms with Gasteiger partial charge < -0.3 is 14.6 Å². The van der Waals surface area contributed by atoms with Gasteiger partial charge in [-0.1, -0.05) is 0 Å². The van der Waals surface area contributed by atoms with Gasteiger partial charge in [0.2, 0.25) is 0 Å². The lowest BCUT2D eigenvalue weighted by molar-refractivity contribution is 0.199. The molecule has 0 radical (unpaired) electrons. The molecular formula is C13H17BrN2OS. The van der Waals surface area contributed by atoms with Crippen LogP contribution in [0.15, 0.2) is 34.2 Å². The monoisotopic (exact) mass is 328 g/mol. The maximum Gasteiger partial charge on any atom is 0.0702 e. The zero-order chi connectivity index (χ0) is 12.8. The average Bonchev–Trinajstić information content (AvgIpc) is 2.95. The van der Waals surface area contributed by atoms with Gasteiger partial charge >= 0.3 is 0 Å². The van der Waals surface area contributed by atoms with Crippen molar-refractivity contribution in [1.82, 2.24) is 9.88 Å². The van der Waals surface area contributed by atoms with Crippen molar-refractivity contribution in [2.75, 3.05) is 20.3 Å². The van der Waals surface area contributed by atoms with Crippen LogP contribution in [0.4, 0.5) is 0 Å². The average molecular weight is 329 g/mol. The summed E-state index contributed by atoms with van der Waals surface area (Å²) in [6.07, 6.45) is 2.13. The van der Waals surface area contributed by atoms with Crippen molar-refractivity contribution in [2.24, 2.45) is 0 Å². The van der Waals surface area contributed by atoms with E-state index in [9.17, 15) is 0 Å². The molecule has 0 aliphatic carbocycles. The number of aromatic nitrogens is 1. The molecule has 0 aliphatic rings. The number of hydrogen-bond acceptors (Lipinski definition) is 3. The van der Waals surface area contributed by atoms with E-state index in [0.717, 1.165) is 26.2 Å². The third-order valence-corrected chi connectivity index (χ3v) is 4.28. The molecule has 18 heavy (non-hydrogen) atoms. The molecule has 0 atom stereocenters. The molecule has 0 amide bonds. The normalized spacial score (nSPS) is 11.0. The number of hydrogen-bond donors (Lipinski definition) is 1. The van der Waals surface area contributed by atoms with Crippen LogP contribution < -0.4 is 5.32 Å². The molecule has 0 saturated heterocycles. The number of nitrogens with one attached hydrogen (secondary N) is 1. The Bertz CT molecular complexity index is 481. The number of rotatable bonds is 7. The number of halogens is 1. The highest BCUT2D eigenvalue weighted by Gasteiger charge is 2.03. The summed E-state index contributed by atoms with van der Waals surface area (Å²) in [6.45, 7) is 3.44. The third-order valence-electron chi connectivity index (χ3n) is 2.67. The molecule has 0 aromatic carbocycles. The van der Waals surface area contributed by atoms with Crippen molar-refractivity contribution < 1.29 is 4.74 Å². The van der Waals surface area contributed by atoms with Gasteiger partial charge in [0, 0.05) is 37.0 Å². The van der Waals surface area contributed by atoms with E-state index < -0.39 is 0 Å². The molecule has 0 fully saturated rings. The Morgan fingerprint density at radius 2 is 2.28 bits per heavy atom. The number of methoxy groups -OCH3 is 1. The van der Waals surface area contributed by atoms with Gasteiger partial charge in [-0.3, -0.25) is 0 Å². The molecule has 0 saturated carbocycles. The van der Waals surface area contributed by atoms with Crippen LogP contribution in [0, 0.1) is 0 Å². The Kier molecular flexibility index (Phi) is 5.44. The van der Waals surface area contributed by atoms with E-state index in [1.807, 2.05) is 0 Å². The summed E-state index contributed by atoms with van der Waals surface area (Å²) in [5.41, 5.74) is 1.30. The Morgan fingerprint density at radius 1 is 1.39 bits per heavy atom. The minimum absolute atomic E-state index is 0.749. The zero-order valence-electron chi connectivity index (χ0n) is 10.4. The van der Waals surface area contributed by atoms with Crippen molar-refractivity contribution >= 4 is 27.3 Å². The molecule has 2 aromatic heterocycles. The number of nitrogens with zero attached hydrogens (tertiary/aromatic N) is 1. The molecule has 0 spiro atoms. The van der Waals surface area contributed by atoms with Crippen LogP contribution in [0.1, 0.15) is 10.6 Å². The molecule has 1 N–H and O–H groups in total. The Hall–Kier alpha value is -0.620. The van der Waals surface area contributed by atoms with Gasteiger partial charge in [0.1, 0.15) is 0 Å². The van der Waals surface area contributed by atoms with Crippen LogP contribution in [0.5, 0.6) is 0 Å². The van der Waals surface area contributed by atoms with Gasteiger partial charge in [0.25, 0.3) is 0 Å². The molecule has 5 heteroatoms. The second kappa shape index (κ2) is 7.09. The van der Waals surface area contributed by atoms with Crippen LogP contribution in [-0.2, 0) is 17.8 Å². The summed E-state index contributed by atoms with van der Waals surface area (Å²) in [5, 5.41) is 3.37. The van der Waals surface area contributed by atoms with Crippen molar-refractivity contribution in [3.8, 4) is 0 Å². The minimum atomic E-state index is 0.749. The summed E-state index contributed by atoms with van der Waals surface area (Å²) in [4.78, 5) is 1.36. The molecule has 0 aliphatic heterocycles. The Balaban J connectivity index is 1.91. The van der Waals surface area contributed by atoms with Crippen LogP contribution in [0.3, 0.4) is 0 Å². The van der Waals surface area contributed by atoms with E-state index in [-0.39, 0.29) is 0 Å². The maximum atomic E-state index is 5.02.